The monoisotopic (exact) mass is 639 g/mol. The number of rotatable bonds is 14. The van der Waals surface area contributed by atoms with Crippen molar-refractivity contribution in [1.82, 2.24) is 20.9 Å². The number of benzene rings is 1. The largest absolute Gasteiger partial charge is 0.392 e. The lowest BCUT2D eigenvalue weighted by atomic mass is 9.77. The fourth-order valence-electron chi connectivity index (χ4n) is 6.16. The first-order chi connectivity index (χ1) is 22.1. The fourth-order valence-corrected chi connectivity index (χ4v) is 6.16. The van der Waals surface area contributed by atoms with Crippen molar-refractivity contribution in [3.8, 4) is 0 Å². The Morgan fingerprint density at radius 3 is 2.40 bits per heavy atom. The summed E-state index contributed by atoms with van der Waals surface area (Å²) in [4.78, 5) is 13.8. The number of nitrogens with one attached hydrogen (secondary N) is 4. The number of fused-ring (bicyclic) bond motifs is 1. The zero-order valence-corrected chi connectivity index (χ0v) is 28.9. The molecule has 2 atom stereocenters. The summed E-state index contributed by atoms with van der Waals surface area (Å²) in [6, 6.07) is 6.50. The smallest absolute Gasteiger partial charge is 0.123 e. The lowest BCUT2D eigenvalue weighted by molar-refractivity contribution is -0.110. The van der Waals surface area contributed by atoms with E-state index in [1.807, 2.05) is 39.2 Å². The molecule has 4 N–H and O–H groups in total. The SMILES string of the molecule is C.C=C(Nc1ccc2c(c1)CC(C=O)C2)C(C)N(CC1=C(CNC)C=CCC=C1)C(=C)C1(C)CCNCC1.C=C/C=C\C=C(/C)NC. The first kappa shape index (κ1) is 39.3. The number of carbonyl (C=O) groups excluding carboxylic acids is 1. The van der Waals surface area contributed by atoms with Crippen molar-refractivity contribution in [3.63, 3.8) is 0 Å². The Balaban J connectivity index is 0.000000674. The zero-order valence-electron chi connectivity index (χ0n) is 28.9. The minimum absolute atomic E-state index is 0. The van der Waals surface area contributed by atoms with Gasteiger partial charge in [-0.05, 0) is 107 Å². The Labute approximate surface area is 286 Å². The van der Waals surface area contributed by atoms with Crippen molar-refractivity contribution >= 4 is 12.0 Å². The summed E-state index contributed by atoms with van der Waals surface area (Å²) >= 11 is 0. The van der Waals surface area contributed by atoms with E-state index in [9.17, 15) is 4.79 Å². The van der Waals surface area contributed by atoms with Gasteiger partial charge in [-0.25, -0.2) is 0 Å². The maximum Gasteiger partial charge on any atom is 0.123 e. The molecule has 2 aliphatic carbocycles. The Morgan fingerprint density at radius 2 is 1.77 bits per heavy atom. The average Bonchev–Trinajstić information content (AvgIpc) is 3.35. The van der Waals surface area contributed by atoms with Gasteiger partial charge in [-0.2, -0.15) is 0 Å². The zero-order chi connectivity index (χ0) is 33.5. The predicted molar refractivity (Wildman–Crippen MR) is 204 cm³/mol. The standard InChI is InChI=1S/C32H44N4O.C8H13N.CH4/c1-23(35-31-12-11-27-17-26(22-37)18-30(27)19-31)24(2)36(25(3)32(4)13-15-34-16-14-32)21-29-10-8-6-7-9-28(29)20-33-5;1-4-5-6-7-8(2)9-3;/h7-12,19,22,24,26,33-35H,1,3,6,13-18,20-21H2,2,4-5H3;4-7,9H,1H2,2-3H3;1H4/b;6-5-,8-7+;. The minimum Gasteiger partial charge on any atom is -0.392 e. The van der Waals surface area contributed by atoms with Gasteiger partial charge in [0.05, 0.1) is 6.04 Å². The van der Waals surface area contributed by atoms with Gasteiger partial charge in [-0.3, -0.25) is 0 Å². The molecule has 0 aromatic heterocycles. The molecule has 1 aromatic rings. The minimum atomic E-state index is 0. The molecule has 1 saturated heterocycles. The molecule has 1 aromatic carbocycles. The van der Waals surface area contributed by atoms with Crippen molar-refractivity contribution in [2.24, 2.45) is 11.3 Å². The van der Waals surface area contributed by atoms with Crippen molar-refractivity contribution < 1.29 is 4.79 Å². The molecule has 256 valence electrons. The average molecular weight is 640 g/mol. The quantitative estimate of drug-likeness (QED) is 0.124. The second kappa shape index (κ2) is 19.7. The molecule has 6 heteroatoms. The summed E-state index contributed by atoms with van der Waals surface area (Å²) in [5.74, 6) is 0.110. The van der Waals surface area contributed by atoms with E-state index in [2.05, 4.69) is 95.7 Å². The van der Waals surface area contributed by atoms with E-state index in [0.717, 1.165) is 81.7 Å². The van der Waals surface area contributed by atoms with Crippen molar-refractivity contribution in [3.05, 3.63) is 126 Å². The van der Waals surface area contributed by atoms with E-state index < -0.39 is 0 Å². The Kier molecular flexibility index (Phi) is 16.5. The molecular formula is C41H61N5O. The molecule has 0 saturated carbocycles. The lowest BCUT2D eigenvalue weighted by Gasteiger charge is -2.45. The molecule has 1 aliphatic heterocycles. The number of hydrogen-bond donors (Lipinski definition) is 4. The normalized spacial score (nSPS) is 19.0. The van der Waals surface area contributed by atoms with Crippen LogP contribution in [0.5, 0.6) is 0 Å². The van der Waals surface area contributed by atoms with E-state index >= 15 is 0 Å². The van der Waals surface area contributed by atoms with Crippen molar-refractivity contribution in [1.29, 1.82) is 0 Å². The van der Waals surface area contributed by atoms with E-state index in [1.165, 1.54) is 28.0 Å². The molecule has 2 unspecified atom stereocenters. The van der Waals surface area contributed by atoms with Gasteiger partial charge in [0.2, 0.25) is 0 Å². The van der Waals surface area contributed by atoms with Crippen LogP contribution in [0.15, 0.2) is 115 Å². The summed E-state index contributed by atoms with van der Waals surface area (Å²) in [5.41, 5.74) is 9.55. The maximum atomic E-state index is 11.3. The van der Waals surface area contributed by atoms with Gasteiger partial charge < -0.3 is 31.0 Å². The van der Waals surface area contributed by atoms with Gasteiger partial charge in [0, 0.05) is 54.2 Å². The lowest BCUT2D eigenvalue weighted by Crippen LogP contribution is -2.45. The second-order valence-electron chi connectivity index (χ2n) is 12.8. The summed E-state index contributed by atoms with van der Waals surface area (Å²) in [5, 5.41) is 13.4. The van der Waals surface area contributed by atoms with Crippen LogP contribution in [0.4, 0.5) is 5.69 Å². The van der Waals surface area contributed by atoms with Crippen LogP contribution in [0.1, 0.15) is 58.6 Å². The number of hydrogen-bond acceptors (Lipinski definition) is 6. The molecule has 1 fully saturated rings. The number of anilines is 1. The van der Waals surface area contributed by atoms with Crippen LogP contribution in [0.3, 0.4) is 0 Å². The van der Waals surface area contributed by atoms with Crippen LogP contribution in [0, 0.1) is 11.3 Å². The molecular weight excluding hydrogens is 578 g/mol. The summed E-state index contributed by atoms with van der Waals surface area (Å²) in [6.07, 6.45) is 22.5. The number of allylic oxidation sites excluding steroid dienone is 8. The maximum absolute atomic E-state index is 11.3. The highest BCUT2D eigenvalue weighted by Gasteiger charge is 2.35. The number of carbonyl (C=O) groups is 1. The third-order valence-corrected chi connectivity index (χ3v) is 9.41. The van der Waals surface area contributed by atoms with Gasteiger partial charge in [0.15, 0.2) is 0 Å². The Bertz CT molecular complexity index is 1370. The molecule has 47 heavy (non-hydrogen) atoms. The number of aldehydes is 1. The van der Waals surface area contributed by atoms with E-state index in [0.29, 0.717) is 0 Å². The van der Waals surface area contributed by atoms with Gasteiger partial charge in [-0.1, -0.05) is 82.7 Å². The number of nitrogens with zero attached hydrogens (tertiary/aromatic N) is 1. The van der Waals surface area contributed by atoms with Crippen LogP contribution in [0.25, 0.3) is 0 Å². The Hall–Kier alpha value is -3.87. The molecule has 0 bridgehead atoms. The molecule has 6 nitrogen and oxygen atoms in total. The van der Waals surface area contributed by atoms with Crippen LogP contribution in [-0.2, 0) is 17.6 Å². The number of likely N-dealkylation sites (N-methyl/N-ethyl adjacent to an activating group) is 1. The molecule has 0 amide bonds. The van der Waals surface area contributed by atoms with Gasteiger partial charge in [0.25, 0.3) is 0 Å². The molecule has 3 aliphatic rings. The third kappa shape index (κ3) is 11.4. The van der Waals surface area contributed by atoms with Gasteiger partial charge >= 0.3 is 0 Å². The van der Waals surface area contributed by atoms with E-state index in [4.69, 9.17) is 6.58 Å². The van der Waals surface area contributed by atoms with Crippen molar-refractivity contribution in [2.75, 3.05) is 45.6 Å². The highest BCUT2D eigenvalue weighted by molar-refractivity contribution is 5.61. The third-order valence-electron chi connectivity index (χ3n) is 9.41. The Morgan fingerprint density at radius 1 is 1.09 bits per heavy atom. The molecule has 0 spiro atoms. The van der Waals surface area contributed by atoms with Gasteiger partial charge in [0.1, 0.15) is 6.29 Å². The first-order valence-corrected chi connectivity index (χ1v) is 16.7. The van der Waals surface area contributed by atoms with Crippen LogP contribution >= 0.6 is 0 Å². The summed E-state index contributed by atoms with van der Waals surface area (Å²) < 4.78 is 0. The highest BCUT2D eigenvalue weighted by atomic mass is 16.1. The second-order valence-corrected chi connectivity index (χ2v) is 12.8. The first-order valence-electron chi connectivity index (χ1n) is 16.7. The summed E-state index contributed by atoms with van der Waals surface area (Å²) in [6.45, 7) is 23.0. The molecule has 4 rings (SSSR count). The topological polar surface area (TPSA) is 68.4 Å². The van der Waals surface area contributed by atoms with Crippen LogP contribution in [0.2, 0.25) is 0 Å². The van der Waals surface area contributed by atoms with Crippen LogP contribution < -0.4 is 21.3 Å². The molecule has 1 heterocycles. The van der Waals surface area contributed by atoms with E-state index in [-0.39, 0.29) is 24.8 Å². The summed E-state index contributed by atoms with van der Waals surface area (Å²) in [7, 11) is 3.90. The van der Waals surface area contributed by atoms with E-state index in [1.54, 1.807) is 6.08 Å². The highest BCUT2D eigenvalue weighted by Crippen LogP contribution is 2.39. The predicted octanol–water partition coefficient (Wildman–Crippen LogP) is 7.64. The fraction of sp³-hybridized carbons (Fsp3) is 0.439. The van der Waals surface area contributed by atoms with Gasteiger partial charge in [-0.15, -0.1) is 0 Å². The molecule has 0 radical (unpaired) electrons. The number of piperidine rings is 1. The van der Waals surface area contributed by atoms with Crippen molar-refractivity contribution in [2.45, 2.75) is 66.3 Å². The van der Waals surface area contributed by atoms with Crippen LogP contribution in [-0.4, -0.2) is 57.5 Å².